The van der Waals surface area contributed by atoms with Crippen molar-refractivity contribution in [2.75, 3.05) is 11.9 Å². The molecule has 1 atom stereocenters. The minimum Gasteiger partial charge on any atom is -0.508 e. The summed E-state index contributed by atoms with van der Waals surface area (Å²) in [6, 6.07) is 14.5. The molecule has 0 fully saturated rings. The van der Waals surface area contributed by atoms with Gasteiger partial charge in [0.05, 0.1) is 11.0 Å². The van der Waals surface area contributed by atoms with Gasteiger partial charge in [-0.1, -0.05) is 30.0 Å². The molecule has 0 amide bonds. The third kappa shape index (κ3) is 2.12. The zero-order valence-electron chi connectivity index (χ0n) is 11.6. The van der Waals surface area contributed by atoms with Crippen molar-refractivity contribution >= 4 is 34.4 Å². The number of hydrogen-bond donors (Lipinski definition) is 2. The van der Waals surface area contributed by atoms with Gasteiger partial charge >= 0.3 is 0 Å². The number of aromatic hydroxyl groups is 1. The molecule has 1 aliphatic heterocycles. The van der Waals surface area contributed by atoms with E-state index in [0.29, 0.717) is 6.54 Å². The van der Waals surface area contributed by atoms with Gasteiger partial charge in [0.15, 0.2) is 5.16 Å². The Labute approximate surface area is 131 Å². The highest BCUT2D eigenvalue weighted by Gasteiger charge is 2.34. The number of rotatable bonds is 3. The zero-order valence-corrected chi connectivity index (χ0v) is 12.4. The van der Waals surface area contributed by atoms with Crippen molar-refractivity contribution in [3.63, 3.8) is 0 Å². The predicted octanol–water partition coefficient (Wildman–Crippen LogP) is 2.97. The molecule has 0 radical (unpaired) electrons. The van der Waals surface area contributed by atoms with E-state index in [1.807, 2.05) is 30.3 Å². The van der Waals surface area contributed by atoms with Crippen LogP contribution in [0.5, 0.6) is 5.75 Å². The van der Waals surface area contributed by atoms with E-state index in [-0.39, 0.29) is 16.9 Å². The summed E-state index contributed by atoms with van der Waals surface area (Å²) in [7, 11) is 0. The van der Waals surface area contributed by atoms with Crippen molar-refractivity contribution < 1.29 is 9.90 Å². The fourth-order valence-electron chi connectivity index (χ4n) is 2.57. The Hall–Kier alpha value is -2.47. The largest absolute Gasteiger partial charge is 0.508 e. The Morgan fingerprint density at radius 3 is 2.95 bits per heavy atom. The second kappa shape index (κ2) is 5.06. The Kier molecular flexibility index (Phi) is 3.04. The van der Waals surface area contributed by atoms with E-state index in [1.165, 1.54) is 11.8 Å². The summed E-state index contributed by atoms with van der Waals surface area (Å²) in [5.41, 5.74) is 2.50. The van der Waals surface area contributed by atoms with Crippen LogP contribution in [0.2, 0.25) is 0 Å². The Balaban J connectivity index is 1.55. The van der Waals surface area contributed by atoms with E-state index in [4.69, 9.17) is 0 Å². The topological polar surface area (TPSA) is 67.2 Å². The highest BCUT2D eigenvalue weighted by Crippen LogP contribution is 2.35. The Morgan fingerprint density at radius 2 is 2.09 bits per heavy atom. The van der Waals surface area contributed by atoms with Crippen LogP contribution in [0.1, 0.15) is 4.79 Å². The summed E-state index contributed by atoms with van der Waals surface area (Å²) in [6.07, 6.45) is 0. The number of imidazole rings is 1. The number of para-hydroxylation sites is 2. The van der Waals surface area contributed by atoms with Crippen LogP contribution in [0.15, 0.2) is 53.7 Å². The third-order valence-electron chi connectivity index (χ3n) is 3.61. The fraction of sp³-hybridized carbons (Fsp3) is 0.125. The van der Waals surface area contributed by atoms with Crippen LogP contribution in [0.4, 0.5) is 5.69 Å². The highest BCUT2D eigenvalue weighted by atomic mass is 32.2. The van der Waals surface area contributed by atoms with Crippen molar-refractivity contribution in [1.82, 2.24) is 9.55 Å². The maximum atomic E-state index is 12.6. The maximum absolute atomic E-state index is 12.6. The first-order valence-corrected chi connectivity index (χ1v) is 7.81. The zero-order chi connectivity index (χ0) is 15.1. The lowest BCUT2D eigenvalue weighted by molar-refractivity contribution is 0.0918. The van der Waals surface area contributed by atoms with Crippen LogP contribution >= 0.6 is 11.8 Å². The van der Waals surface area contributed by atoms with Crippen molar-refractivity contribution in [3.8, 4) is 5.75 Å². The SMILES string of the molecule is O=C1C(CNc2cccc(O)c2)Sc2nc3ccccc3n21. The standard InChI is InChI=1S/C16H13N3O2S/c20-11-5-3-4-10(8-11)17-9-14-15(21)19-13-7-2-1-6-12(13)18-16(19)22-14/h1-8,14,17,20H,9H2. The highest BCUT2D eigenvalue weighted by molar-refractivity contribution is 8.01. The smallest absolute Gasteiger partial charge is 0.248 e. The van der Waals surface area contributed by atoms with Gasteiger partial charge in [-0.15, -0.1) is 0 Å². The molecular formula is C16H13N3O2S. The molecule has 0 spiro atoms. The van der Waals surface area contributed by atoms with Crippen LogP contribution in [-0.4, -0.2) is 32.4 Å². The third-order valence-corrected chi connectivity index (χ3v) is 4.75. The second-order valence-electron chi connectivity index (χ2n) is 5.09. The lowest BCUT2D eigenvalue weighted by atomic mass is 10.3. The van der Waals surface area contributed by atoms with Gasteiger partial charge < -0.3 is 10.4 Å². The molecule has 2 N–H and O–H groups in total. The number of carbonyl (C=O) groups is 1. The van der Waals surface area contributed by atoms with Crippen LogP contribution in [-0.2, 0) is 0 Å². The molecule has 110 valence electrons. The van der Waals surface area contributed by atoms with Gasteiger partial charge in [-0.05, 0) is 24.3 Å². The summed E-state index contributed by atoms with van der Waals surface area (Å²) >= 11 is 1.47. The molecular weight excluding hydrogens is 298 g/mol. The molecule has 22 heavy (non-hydrogen) atoms. The van der Waals surface area contributed by atoms with E-state index in [9.17, 15) is 9.90 Å². The molecule has 1 unspecified atom stereocenters. The summed E-state index contributed by atoms with van der Waals surface area (Å²) in [6.45, 7) is 0.491. The van der Waals surface area contributed by atoms with Gasteiger partial charge in [-0.3, -0.25) is 9.36 Å². The van der Waals surface area contributed by atoms with Gasteiger partial charge in [0.1, 0.15) is 11.0 Å². The predicted molar refractivity (Wildman–Crippen MR) is 86.6 cm³/mol. The molecule has 2 heterocycles. The van der Waals surface area contributed by atoms with Crippen LogP contribution < -0.4 is 5.32 Å². The normalized spacial score (nSPS) is 16.9. The van der Waals surface area contributed by atoms with Crippen molar-refractivity contribution in [2.45, 2.75) is 10.4 Å². The van der Waals surface area contributed by atoms with E-state index < -0.39 is 0 Å². The minimum absolute atomic E-state index is 0.0429. The number of phenolic OH excluding ortho intramolecular Hbond substituents is 1. The van der Waals surface area contributed by atoms with Gasteiger partial charge in [0.25, 0.3) is 0 Å². The molecule has 0 aliphatic carbocycles. The number of carbonyl (C=O) groups excluding carboxylic acids is 1. The van der Waals surface area contributed by atoms with Crippen LogP contribution in [0.3, 0.4) is 0 Å². The quantitative estimate of drug-likeness (QED) is 0.778. The average molecular weight is 311 g/mol. The number of nitrogens with one attached hydrogen (secondary N) is 1. The van der Waals surface area contributed by atoms with Crippen LogP contribution in [0.25, 0.3) is 11.0 Å². The number of benzene rings is 2. The number of aromatic nitrogens is 2. The first-order valence-electron chi connectivity index (χ1n) is 6.93. The summed E-state index contributed by atoms with van der Waals surface area (Å²) in [4.78, 5) is 17.1. The summed E-state index contributed by atoms with van der Waals surface area (Å²) in [5, 5.41) is 13.2. The molecule has 3 aromatic rings. The molecule has 0 bridgehead atoms. The van der Waals surface area contributed by atoms with E-state index in [1.54, 1.807) is 22.8 Å². The maximum Gasteiger partial charge on any atom is 0.248 e. The molecule has 4 rings (SSSR count). The first kappa shape index (κ1) is 13.2. The van der Waals surface area contributed by atoms with Crippen LogP contribution in [0, 0.1) is 0 Å². The average Bonchev–Trinajstić information content (AvgIpc) is 3.02. The molecule has 1 aliphatic rings. The van der Waals surface area contributed by atoms with Gasteiger partial charge in [-0.2, -0.15) is 0 Å². The van der Waals surface area contributed by atoms with Gasteiger partial charge in [0.2, 0.25) is 5.91 Å². The van der Waals surface area contributed by atoms with Crippen molar-refractivity contribution in [1.29, 1.82) is 0 Å². The number of phenols is 1. The summed E-state index contributed by atoms with van der Waals surface area (Å²) < 4.78 is 1.69. The molecule has 5 nitrogen and oxygen atoms in total. The number of thioether (sulfide) groups is 1. The minimum atomic E-state index is -0.213. The second-order valence-corrected chi connectivity index (χ2v) is 6.26. The molecule has 1 aromatic heterocycles. The van der Waals surface area contributed by atoms with Gasteiger partial charge in [-0.25, -0.2) is 4.98 Å². The fourth-order valence-corrected chi connectivity index (χ4v) is 3.65. The van der Waals surface area contributed by atoms with E-state index >= 15 is 0 Å². The molecule has 6 heteroatoms. The van der Waals surface area contributed by atoms with Crippen molar-refractivity contribution in [2.24, 2.45) is 0 Å². The lowest BCUT2D eigenvalue weighted by Gasteiger charge is -2.10. The Bertz CT molecular complexity index is 875. The van der Waals surface area contributed by atoms with E-state index in [0.717, 1.165) is 21.9 Å². The number of hydrogen-bond acceptors (Lipinski definition) is 5. The van der Waals surface area contributed by atoms with E-state index in [2.05, 4.69) is 10.3 Å². The molecule has 2 aromatic carbocycles. The van der Waals surface area contributed by atoms with Gasteiger partial charge in [0, 0.05) is 18.3 Å². The monoisotopic (exact) mass is 311 g/mol. The summed E-state index contributed by atoms with van der Waals surface area (Å²) in [5.74, 6) is 0.246. The first-order chi connectivity index (χ1) is 10.7. The number of fused-ring (bicyclic) bond motifs is 3. The lowest BCUT2D eigenvalue weighted by Crippen LogP contribution is -2.25. The Morgan fingerprint density at radius 1 is 1.23 bits per heavy atom. The molecule has 0 saturated heterocycles. The molecule has 0 saturated carbocycles. The number of nitrogens with zero attached hydrogens (tertiary/aromatic N) is 2. The number of anilines is 1. The van der Waals surface area contributed by atoms with Crippen molar-refractivity contribution in [3.05, 3.63) is 48.5 Å².